The van der Waals surface area contributed by atoms with E-state index >= 15 is 0 Å². The predicted molar refractivity (Wildman–Crippen MR) is 79.2 cm³/mol. The summed E-state index contributed by atoms with van der Waals surface area (Å²) in [5.41, 5.74) is 0. The Balaban J connectivity index is 2.05. The molecule has 1 aliphatic rings. The van der Waals surface area contributed by atoms with Gasteiger partial charge >= 0.3 is 5.97 Å². The molecule has 2 unspecified atom stereocenters. The lowest BCUT2D eigenvalue weighted by Crippen LogP contribution is -2.42. The Morgan fingerprint density at radius 3 is 2.70 bits per heavy atom. The van der Waals surface area contributed by atoms with Gasteiger partial charge in [0.2, 0.25) is 0 Å². The molecule has 1 amide bonds. The van der Waals surface area contributed by atoms with Crippen LogP contribution in [0.5, 0.6) is 0 Å². The lowest BCUT2D eigenvalue weighted by atomic mass is 9.95. The molecule has 1 aromatic heterocycles. The summed E-state index contributed by atoms with van der Waals surface area (Å²) < 4.78 is 0. The van der Waals surface area contributed by atoms with E-state index in [-0.39, 0.29) is 11.9 Å². The van der Waals surface area contributed by atoms with Gasteiger partial charge in [0.1, 0.15) is 0 Å². The van der Waals surface area contributed by atoms with Crippen LogP contribution in [-0.2, 0) is 11.2 Å². The molecule has 0 spiro atoms. The molecule has 1 heterocycles. The summed E-state index contributed by atoms with van der Waals surface area (Å²) in [6.07, 6.45) is 5.30. The average molecular weight is 295 g/mol. The van der Waals surface area contributed by atoms with Gasteiger partial charge < -0.3 is 10.4 Å². The van der Waals surface area contributed by atoms with E-state index in [1.165, 1.54) is 16.2 Å². The lowest BCUT2D eigenvalue weighted by molar-refractivity contribution is -0.142. The van der Waals surface area contributed by atoms with Crippen LogP contribution >= 0.6 is 11.3 Å². The zero-order valence-electron chi connectivity index (χ0n) is 11.7. The van der Waals surface area contributed by atoms with Crippen LogP contribution in [0.4, 0.5) is 0 Å². The Bertz CT molecular complexity index is 483. The van der Waals surface area contributed by atoms with Crippen molar-refractivity contribution in [1.29, 1.82) is 0 Å². The molecule has 0 radical (unpaired) electrons. The smallest absolute Gasteiger partial charge is 0.308 e. The summed E-state index contributed by atoms with van der Waals surface area (Å²) in [4.78, 5) is 25.4. The second-order valence-corrected chi connectivity index (χ2v) is 6.45. The predicted octanol–water partition coefficient (Wildman–Crippen LogP) is 3.07. The number of amides is 1. The van der Waals surface area contributed by atoms with E-state index in [4.69, 9.17) is 0 Å². The van der Waals surface area contributed by atoms with Gasteiger partial charge in [0.15, 0.2) is 0 Å². The molecule has 0 aliphatic heterocycles. The summed E-state index contributed by atoms with van der Waals surface area (Å²) in [6, 6.07) is 3.54. The highest BCUT2D eigenvalue weighted by Crippen LogP contribution is 2.25. The normalized spacial score (nSPS) is 23.1. The quantitative estimate of drug-likeness (QED) is 0.839. The van der Waals surface area contributed by atoms with Crippen molar-refractivity contribution in [2.75, 3.05) is 0 Å². The summed E-state index contributed by atoms with van der Waals surface area (Å²) in [7, 11) is 0. The fourth-order valence-corrected chi connectivity index (χ4v) is 3.56. The highest BCUT2D eigenvalue weighted by atomic mass is 32.1. The van der Waals surface area contributed by atoms with Gasteiger partial charge in [-0.05, 0) is 31.4 Å². The molecule has 1 aromatic rings. The van der Waals surface area contributed by atoms with E-state index in [9.17, 15) is 14.7 Å². The topological polar surface area (TPSA) is 66.4 Å². The Morgan fingerprint density at radius 1 is 1.30 bits per heavy atom. The number of aryl methyl sites for hydroxylation is 1. The molecular formula is C15H21NO3S. The van der Waals surface area contributed by atoms with Gasteiger partial charge in [-0.15, -0.1) is 11.3 Å². The van der Waals surface area contributed by atoms with E-state index in [0.29, 0.717) is 11.3 Å². The molecule has 2 rings (SSSR count). The second-order valence-electron chi connectivity index (χ2n) is 5.28. The number of hydrogen-bond acceptors (Lipinski definition) is 3. The van der Waals surface area contributed by atoms with Crippen molar-refractivity contribution in [3.8, 4) is 0 Å². The van der Waals surface area contributed by atoms with Crippen LogP contribution < -0.4 is 5.32 Å². The molecule has 2 atom stereocenters. The molecule has 4 nitrogen and oxygen atoms in total. The second kappa shape index (κ2) is 6.88. The minimum Gasteiger partial charge on any atom is -0.481 e. The largest absolute Gasteiger partial charge is 0.481 e. The number of rotatable bonds is 4. The van der Waals surface area contributed by atoms with Gasteiger partial charge in [0, 0.05) is 10.9 Å². The first-order valence-corrected chi connectivity index (χ1v) is 8.06. The molecule has 1 saturated carbocycles. The number of aliphatic carboxylic acids is 1. The number of hydrogen-bond donors (Lipinski definition) is 2. The molecule has 2 N–H and O–H groups in total. The summed E-state index contributed by atoms with van der Waals surface area (Å²) in [5, 5.41) is 12.2. The summed E-state index contributed by atoms with van der Waals surface area (Å²) in [6.45, 7) is 2.05. The maximum absolute atomic E-state index is 12.2. The third kappa shape index (κ3) is 3.60. The summed E-state index contributed by atoms with van der Waals surface area (Å²) >= 11 is 1.48. The van der Waals surface area contributed by atoms with Crippen molar-refractivity contribution in [1.82, 2.24) is 5.32 Å². The molecule has 20 heavy (non-hydrogen) atoms. The minimum atomic E-state index is -0.794. The fraction of sp³-hybridized carbons (Fsp3) is 0.600. The van der Waals surface area contributed by atoms with Crippen LogP contribution in [0.15, 0.2) is 12.1 Å². The van der Waals surface area contributed by atoms with Gasteiger partial charge in [-0.2, -0.15) is 0 Å². The van der Waals surface area contributed by atoms with Crippen molar-refractivity contribution in [3.63, 3.8) is 0 Å². The standard InChI is InChI=1S/C15H21NO3S/c1-2-10-8-9-13(20-10)14(17)16-12-7-5-3-4-6-11(12)15(18)19/h8-9,11-12H,2-7H2,1H3,(H,16,17)(H,18,19). The maximum Gasteiger partial charge on any atom is 0.308 e. The highest BCUT2D eigenvalue weighted by molar-refractivity contribution is 7.14. The average Bonchev–Trinajstić information content (AvgIpc) is 2.79. The van der Waals surface area contributed by atoms with Crippen molar-refractivity contribution in [2.45, 2.75) is 51.5 Å². The first-order chi connectivity index (χ1) is 9.61. The van der Waals surface area contributed by atoms with Crippen LogP contribution in [0.25, 0.3) is 0 Å². The van der Waals surface area contributed by atoms with Crippen LogP contribution in [0.3, 0.4) is 0 Å². The number of thiophene rings is 1. The van der Waals surface area contributed by atoms with E-state index in [1.54, 1.807) is 0 Å². The van der Waals surface area contributed by atoms with Gasteiger partial charge in [-0.25, -0.2) is 0 Å². The van der Waals surface area contributed by atoms with Crippen molar-refractivity contribution < 1.29 is 14.7 Å². The SMILES string of the molecule is CCc1ccc(C(=O)NC2CCCCCC2C(=O)O)s1. The van der Waals surface area contributed by atoms with E-state index < -0.39 is 11.9 Å². The molecule has 0 aromatic carbocycles. The van der Waals surface area contributed by atoms with Gasteiger partial charge in [0.25, 0.3) is 5.91 Å². The monoisotopic (exact) mass is 295 g/mol. The first-order valence-electron chi connectivity index (χ1n) is 7.24. The van der Waals surface area contributed by atoms with Crippen LogP contribution in [0.2, 0.25) is 0 Å². The zero-order valence-corrected chi connectivity index (χ0v) is 12.5. The Kier molecular flexibility index (Phi) is 5.17. The number of nitrogens with one attached hydrogen (secondary N) is 1. The van der Waals surface area contributed by atoms with Gasteiger partial charge in [0.05, 0.1) is 10.8 Å². The molecule has 0 saturated heterocycles. The zero-order chi connectivity index (χ0) is 14.5. The first kappa shape index (κ1) is 15.0. The molecule has 1 aliphatic carbocycles. The lowest BCUT2D eigenvalue weighted by Gasteiger charge is -2.22. The molecular weight excluding hydrogens is 274 g/mol. The number of carboxylic acid groups (broad SMARTS) is 1. The minimum absolute atomic E-state index is 0.132. The van der Waals surface area contributed by atoms with E-state index in [2.05, 4.69) is 12.2 Å². The maximum atomic E-state index is 12.2. The van der Waals surface area contributed by atoms with Gasteiger partial charge in [-0.3, -0.25) is 9.59 Å². The van der Waals surface area contributed by atoms with E-state index in [0.717, 1.165) is 32.1 Å². The number of carbonyl (C=O) groups excluding carboxylic acids is 1. The van der Waals surface area contributed by atoms with Crippen LogP contribution in [0.1, 0.15) is 53.6 Å². The van der Waals surface area contributed by atoms with E-state index in [1.807, 2.05) is 12.1 Å². The van der Waals surface area contributed by atoms with Crippen molar-refractivity contribution in [3.05, 3.63) is 21.9 Å². The molecule has 0 bridgehead atoms. The van der Waals surface area contributed by atoms with Crippen molar-refractivity contribution >= 4 is 23.2 Å². The summed E-state index contributed by atoms with van der Waals surface area (Å²) in [5.74, 6) is -1.38. The fourth-order valence-electron chi connectivity index (χ4n) is 2.71. The molecule has 5 heteroatoms. The van der Waals surface area contributed by atoms with Crippen LogP contribution in [-0.4, -0.2) is 23.0 Å². The highest BCUT2D eigenvalue weighted by Gasteiger charge is 2.30. The van der Waals surface area contributed by atoms with Crippen LogP contribution in [0, 0.1) is 5.92 Å². The van der Waals surface area contributed by atoms with Crippen molar-refractivity contribution in [2.24, 2.45) is 5.92 Å². The molecule has 1 fully saturated rings. The third-order valence-electron chi connectivity index (χ3n) is 3.88. The number of carboxylic acids is 1. The third-order valence-corrected chi connectivity index (χ3v) is 5.11. The Morgan fingerprint density at radius 2 is 2.05 bits per heavy atom. The molecule has 110 valence electrons. The number of carbonyl (C=O) groups is 2. The Hall–Kier alpha value is -1.36. The van der Waals surface area contributed by atoms with Gasteiger partial charge in [-0.1, -0.05) is 26.2 Å². The Labute approximate surface area is 123 Å².